The minimum absolute atomic E-state index is 0.112. The highest BCUT2D eigenvalue weighted by Crippen LogP contribution is 2.37. The van der Waals surface area contributed by atoms with Crippen LogP contribution >= 0.6 is 0 Å². The maximum atomic E-state index is 13.1. The Kier molecular flexibility index (Phi) is 5.31. The first-order valence-electron chi connectivity index (χ1n) is 10.3. The minimum Gasteiger partial charge on any atom is -0.454 e. The Balaban J connectivity index is 1.45. The predicted molar refractivity (Wildman–Crippen MR) is 114 cm³/mol. The second-order valence-corrected chi connectivity index (χ2v) is 7.99. The highest BCUT2D eigenvalue weighted by Gasteiger charge is 2.49. The van der Waals surface area contributed by atoms with Crippen molar-refractivity contribution >= 4 is 23.5 Å². The Morgan fingerprint density at radius 2 is 1.87 bits per heavy atom. The molecule has 0 spiro atoms. The van der Waals surface area contributed by atoms with E-state index in [2.05, 4.69) is 24.5 Å². The Morgan fingerprint density at radius 3 is 2.58 bits per heavy atom. The number of benzene rings is 2. The molecule has 2 aromatic carbocycles. The zero-order valence-electron chi connectivity index (χ0n) is 17.7. The van der Waals surface area contributed by atoms with Crippen molar-refractivity contribution in [2.45, 2.75) is 38.6 Å². The molecule has 2 atom stereocenters. The predicted octanol–water partition coefficient (Wildman–Crippen LogP) is 3.33. The average Bonchev–Trinajstić information content (AvgIpc) is 3.32. The molecule has 2 aliphatic rings. The van der Waals surface area contributed by atoms with E-state index in [1.807, 2.05) is 24.3 Å². The van der Waals surface area contributed by atoms with Crippen molar-refractivity contribution in [2.24, 2.45) is 0 Å². The van der Waals surface area contributed by atoms with Gasteiger partial charge in [0.25, 0.3) is 5.91 Å². The quantitative estimate of drug-likeness (QED) is 0.695. The molecule has 8 nitrogen and oxygen atoms in total. The van der Waals surface area contributed by atoms with Crippen molar-refractivity contribution in [3.05, 3.63) is 53.6 Å². The lowest BCUT2D eigenvalue weighted by Gasteiger charge is -2.22. The second-order valence-electron chi connectivity index (χ2n) is 7.99. The van der Waals surface area contributed by atoms with Gasteiger partial charge in [0.1, 0.15) is 12.1 Å². The highest BCUT2D eigenvalue weighted by atomic mass is 16.7. The van der Waals surface area contributed by atoms with E-state index in [1.165, 1.54) is 5.56 Å². The number of carbonyl (C=O) groups excluding carboxylic acids is 3. The molecule has 2 N–H and O–H groups in total. The van der Waals surface area contributed by atoms with Crippen LogP contribution < -0.4 is 20.1 Å². The van der Waals surface area contributed by atoms with Gasteiger partial charge >= 0.3 is 6.03 Å². The molecule has 0 saturated carbocycles. The van der Waals surface area contributed by atoms with E-state index < -0.39 is 23.4 Å². The van der Waals surface area contributed by atoms with Crippen LogP contribution in [0.15, 0.2) is 42.5 Å². The van der Waals surface area contributed by atoms with E-state index in [0.717, 1.165) is 11.3 Å². The van der Waals surface area contributed by atoms with Crippen LogP contribution in [0.1, 0.15) is 44.2 Å². The smallest absolute Gasteiger partial charge is 0.325 e. The molecule has 4 rings (SSSR count). The van der Waals surface area contributed by atoms with Gasteiger partial charge in [-0.1, -0.05) is 32.0 Å². The van der Waals surface area contributed by atoms with E-state index in [9.17, 15) is 14.4 Å². The van der Waals surface area contributed by atoms with Crippen molar-refractivity contribution < 1.29 is 23.9 Å². The molecule has 1 fully saturated rings. The molecule has 8 heteroatoms. The van der Waals surface area contributed by atoms with E-state index in [0.29, 0.717) is 28.7 Å². The number of fused-ring (bicyclic) bond motifs is 1. The fraction of sp³-hybridized carbons (Fsp3) is 0.348. The van der Waals surface area contributed by atoms with E-state index in [1.54, 1.807) is 25.1 Å². The van der Waals surface area contributed by atoms with Crippen molar-refractivity contribution in [1.82, 2.24) is 10.2 Å². The third-order valence-corrected chi connectivity index (χ3v) is 5.90. The Labute approximate surface area is 180 Å². The molecule has 2 aromatic rings. The number of carbonyl (C=O) groups is 3. The van der Waals surface area contributed by atoms with Gasteiger partial charge in [-0.15, -0.1) is 0 Å². The number of rotatable bonds is 6. The molecular weight excluding hydrogens is 398 g/mol. The van der Waals surface area contributed by atoms with Gasteiger partial charge in [0.15, 0.2) is 11.5 Å². The van der Waals surface area contributed by atoms with Gasteiger partial charge in [-0.25, -0.2) is 4.79 Å². The summed E-state index contributed by atoms with van der Waals surface area (Å²) in [6, 6.07) is 12.0. The molecule has 0 radical (unpaired) electrons. The minimum atomic E-state index is -1.30. The number of imide groups is 1. The molecule has 0 bridgehead atoms. The van der Waals surface area contributed by atoms with Crippen LogP contribution in [0, 0.1) is 0 Å². The van der Waals surface area contributed by atoms with Crippen molar-refractivity contribution in [3.8, 4) is 11.5 Å². The number of anilines is 1. The Morgan fingerprint density at radius 1 is 1.16 bits per heavy atom. The van der Waals surface area contributed by atoms with Crippen molar-refractivity contribution in [3.63, 3.8) is 0 Å². The normalized spacial score (nSPS) is 20.5. The van der Waals surface area contributed by atoms with Crippen LogP contribution in [0.5, 0.6) is 11.5 Å². The fourth-order valence-electron chi connectivity index (χ4n) is 3.72. The first kappa shape index (κ1) is 20.7. The first-order valence-corrected chi connectivity index (χ1v) is 10.3. The van der Waals surface area contributed by atoms with Gasteiger partial charge in [0, 0.05) is 5.69 Å². The molecule has 162 valence electrons. The Bertz CT molecular complexity index is 1040. The summed E-state index contributed by atoms with van der Waals surface area (Å²) in [4.78, 5) is 39.0. The zero-order chi connectivity index (χ0) is 22.2. The third kappa shape index (κ3) is 3.81. The van der Waals surface area contributed by atoms with E-state index in [-0.39, 0.29) is 13.3 Å². The average molecular weight is 423 g/mol. The van der Waals surface area contributed by atoms with Crippen LogP contribution in [0.25, 0.3) is 0 Å². The molecule has 0 unspecified atom stereocenters. The number of nitrogens with zero attached hydrogens (tertiary/aromatic N) is 1. The lowest BCUT2D eigenvalue weighted by molar-refractivity contribution is -0.133. The number of hydrogen-bond donors (Lipinski definition) is 2. The molecule has 2 aliphatic heterocycles. The van der Waals surface area contributed by atoms with Gasteiger partial charge in [0.2, 0.25) is 12.7 Å². The highest BCUT2D eigenvalue weighted by molar-refractivity contribution is 6.10. The maximum absolute atomic E-state index is 13.1. The monoisotopic (exact) mass is 423 g/mol. The molecule has 1 saturated heterocycles. The van der Waals surface area contributed by atoms with E-state index in [4.69, 9.17) is 9.47 Å². The standard InChI is InChI=1S/C23H25N3O5/c1-4-14(2)15-5-8-17(9-6-15)24-20(27)12-26-21(28)23(3,25-22(26)29)16-7-10-18-19(11-16)31-13-30-18/h5-11,14H,4,12-13H2,1-3H3,(H,24,27)(H,25,29)/t14-,23+/m1/s1. The second kappa shape index (κ2) is 7.94. The van der Waals surface area contributed by atoms with Gasteiger partial charge in [-0.05, 0) is 54.7 Å². The van der Waals surface area contributed by atoms with Gasteiger partial charge in [-0.3, -0.25) is 14.5 Å². The molecule has 0 aliphatic carbocycles. The first-order chi connectivity index (χ1) is 14.8. The molecule has 4 amide bonds. The summed E-state index contributed by atoms with van der Waals surface area (Å²) in [5.74, 6) is 0.579. The summed E-state index contributed by atoms with van der Waals surface area (Å²) in [5, 5.41) is 5.44. The van der Waals surface area contributed by atoms with Crippen molar-refractivity contribution in [2.75, 3.05) is 18.7 Å². The maximum Gasteiger partial charge on any atom is 0.325 e. The lowest BCUT2D eigenvalue weighted by Crippen LogP contribution is -2.42. The van der Waals surface area contributed by atoms with Gasteiger partial charge in [-0.2, -0.15) is 0 Å². The molecule has 2 heterocycles. The topological polar surface area (TPSA) is 97.0 Å². The Hall–Kier alpha value is -3.55. The summed E-state index contributed by atoms with van der Waals surface area (Å²) >= 11 is 0. The van der Waals surface area contributed by atoms with Gasteiger partial charge in [0.05, 0.1) is 0 Å². The number of hydrogen-bond acceptors (Lipinski definition) is 5. The summed E-state index contributed by atoms with van der Waals surface area (Å²) in [6.45, 7) is 5.60. The summed E-state index contributed by atoms with van der Waals surface area (Å²) < 4.78 is 10.7. The summed E-state index contributed by atoms with van der Waals surface area (Å²) in [7, 11) is 0. The fourth-order valence-corrected chi connectivity index (χ4v) is 3.72. The molecular formula is C23H25N3O5. The summed E-state index contributed by atoms with van der Waals surface area (Å²) in [5.41, 5.74) is 1.06. The van der Waals surface area contributed by atoms with Crippen molar-refractivity contribution in [1.29, 1.82) is 0 Å². The number of nitrogens with one attached hydrogen (secondary N) is 2. The van der Waals surface area contributed by atoms with Crippen LogP contribution in [-0.4, -0.2) is 36.1 Å². The van der Waals surface area contributed by atoms with Crippen LogP contribution in [-0.2, 0) is 15.1 Å². The zero-order valence-corrected chi connectivity index (χ0v) is 17.7. The van der Waals surface area contributed by atoms with Crippen LogP contribution in [0.2, 0.25) is 0 Å². The number of amides is 4. The van der Waals surface area contributed by atoms with E-state index >= 15 is 0 Å². The van der Waals surface area contributed by atoms with Gasteiger partial charge < -0.3 is 20.1 Å². The SMILES string of the molecule is CC[C@@H](C)c1ccc(NC(=O)CN2C(=O)N[C@@](C)(c3ccc4c(c3)OCO4)C2=O)cc1. The van der Waals surface area contributed by atoms with Crippen LogP contribution in [0.4, 0.5) is 10.5 Å². The molecule has 31 heavy (non-hydrogen) atoms. The summed E-state index contributed by atoms with van der Waals surface area (Å²) in [6.07, 6.45) is 1.03. The molecule has 0 aromatic heterocycles. The number of ether oxygens (including phenoxy) is 2. The lowest BCUT2D eigenvalue weighted by atomic mass is 9.91. The third-order valence-electron chi connectivity index (χ3n) is 5.90. The van der Waals surface area contributed by atoms with Crippen LogP contribution in [0.3, 0.4) is 0 Å². The number of urea groups is 1. The largest absolute Gasteiger partial charge is 0.454 e.